The second-order valence-electron chi connectivity index (χ2n) is 4.36. The Bertz CT molecular complexity index is 759. The van der Waals surface area contributed by atoms with Crippen molar-refractivity contribution in [3.05, 3.63) is 63.3 Å². The normalized spacial score (nSPS) is 10.7. The standard InChI is InChI=1S/C15H11Br2N3/c16-12-3-1-10(7-13(12)17)9-20-11-2-4-14-15(8-11)19-6-5-18-14/h1-8,20H,9H2. The van der Waals surface area contributed by atoms with Gasteiger partial charge in [-0.15, -0.1) is 0 Å². The van der Waals surface area contributed by atoms with Crippen molar-refractivity contribution in [1.82, 2.24) is 9.97 Å². The average molecular weight is 393 g/mol. The Morgan fingerprint density at radius 3 is 2.45 bits per heavy atom. The van der Waals surface area contributed by atoms with E-state index in [1.54, 1.807) is 12.4 Å². The number of hydrogen-bond donors (Lipinski definition) is 1. The number of halogens is 2. The summed E-state index contributed by atoms with van der Waals surface area (Å²) in [5.74, 6) is 0. The average Bonchev–Trinajstić information content (AvgIpc) is 2.48. The Morgan fingerprint density at radius 2 is 1.65 bits per heavy atom. The molecular weight excluding hydrogens is 382 g/mol. The minimum absolute atomic E-state index is 0.762. The van der Waals surface area contributed by atoms with Crippen LogP contribution in [0.4, 0.5) is 5.69 Å². The van der Waals surface area contributed by atoms with Crippen LogP contribution in [0.25, 0.3) is 11.0 Å². The van der Waals surface area contributed by atoms with Gasteiger partial charge in [-0.1, -0.05) is 6.07 Å². The smallest absolute Gasteiger partial charge is 0.0907 e. The van der Waals surface area contributed by atoms with E-state index < -0.39 is 0 Å². The quantitative estimate of drug-likeness (QED) is 0.697. The predicted octanol–water partition coefficient (Wildman–Crippen LogP) is 4.77. The fourth-order valence-electron chi connectivity index (χ4n) is 1.93. The van der Waals surface area contributed by atoms with Gasteiger partial charge >= 0.3 is 0 Å². The molecule has 0 aliphatic carbocycles. The van der Waals surface area contributed by atoms with Gasteiger partial charge < -0.3 is 5.32 Å². The number of fused-ring (bicyclic) bond motifs is 1. The molecule has 5 heteroatoms. The molecule has 2 aromatic carbocycles. The largest absolute Gasteiger partial charge is 0.381 e. The summed E-state index contributed by atoms with van der Waals surface area (Å²) in [6, 6.07) is 12.2. The summed E-state index contributed by atoms with van der Waals surface area (Å²) in [6.45, 7) is 0.762. The van der Waals surface area contributed by atoms with E-state index in [9.17, 15) is 0 Å². The Labute approximate surface area is 133 Å². The van der Waals surface area contributed by atoms with Crippen molar-refractivity contribution in [3.63, 3.8) is 0 Å². The highest BCUT2D eigenvalue weighted by Gasteiger charge is 2.01. The lowest BCUT2D eigenvalue weighted by Crippen LogP contribution is -1.99. The Balaban J connectivity index is 1.77. The third kappa shape index (κ3) is 2.99. The minimum Gasteiger partial charge on any atom is -0.381 e. The summed E-state index contributed by atoms with van der Waals surface area (Å²) >= 11 is 6.98. The molecular formula is C15H11Br2N3. The lowest BCUT2D eigenvalue weighted by molar-refractivity contribution is 1.14. The van der Waals surface area contributed by atoms with E-state index in [4.69, 9.17) is 0 Å². The molecule has 0 unspecified atom stereocenters. The van der Waals surface area contributed by atoms with Gasteiger partial charge in [-0.3, -0.25) is 9.97 Å². The first-order valence-corrected chi connectivity index (χ1v) is 7.69. The van der Waals surface area contributed by atoms with Crippen LogP contribution >= 0.6 is 31.9 Å². The van der Waals surface area contributed by atoms with Gasteiger partial charge in [0, 0.05) is 33.6 Å². The van der Waals surface area contributed by atoms with Crippen molar-refractivity contribution >= 4 is 48.6 Å². The third-order valence-electron chi connectivity index (χ3n) is 2.95. The number of anilines is 1. The van der Waals surface area contributed by atoms with Gasteiger partial charge in [0.2, 0.25) is 0 Å². The molecule has 0 radical (unpaired) electrons. The van der Waals surface area contributed by atoms with Gasteiger partial charge in [-0.05, 0) is 67.8 Å². The highest BCUT2D eigenvalue weighted by atomic mass is 79.9. The fourth-order valence-corrected chi connectivity index (χ4v) is 2.60. The molecule has 1 heterocycles. The van der Waals surface area contributed by atoms with E-state index in [1.165, 1.54) is 5.56 Å². The summed E-state index contributed by atoms with van der Waals surface area (Å²) < 4.78 is 2.11. The Morgan fingerprint density at radius 1 is 0.850 bits per heavy atom. The molecule has 100 valence electrons. The van der Waals surface area contributed by atoms with Gasteiger partial charge in [0.1, 0.15) is 0 Å². The monoisotopic (exact) mass is 391 g/mol. The second-order valence-corrected chi connectivity index (χ2v) is 6.07. The van der Waals surface area contributed by atoms with Crippen LogP contribution in [0.3, 0.4) is 0 Å². The lowest BCUT2D eigenvalue weighted by Gasteiger charge is -2.08. The van der Waals surface area contributed by atoms with Crippen molar-refractivity contribution in [2.75, 3.05) is 5.32 Å². The summed E-state index contributed by atoms with van der Waals surface area (Å²) in [4.78, 5) is 8.57. The number of hydrogen-bond acceptors (Lipinski definition) is 3. The van der Waals surface area contributed by atoms with Crippen molar-refractivity contribution < 1.29 is 0 Å². The van der Waals surface area contributed by atoms with Gasteiger partial charge in [0.25, 0.3) is 0 Å². The zero-order valence-electron chi connectivity index (χ0n) is 10.5. The molecule has 1 N–H and O–H groups in total. The van der Waals surface area contributed by atoms with Gasteiger partial charge in [0.15, 0.2) is 0 Å². The molecule has 0 saturated carbocycles. The van der Waals surface area contributed by atoms with Crippen LogP contribution in [0.1, 0.15) is 5.56 Å². The molecule has 0 bridgehead atoms. The molecule has 20 heavy (non-hydrogen) atoms. The van der Waals surface area contributed by atoms with Crippen molar-refractivity contribution in [3.8, 4) is 0 Å². The third-order valence-corrected chi connectivity index (χ3v) is 4.83. The highest BCUT2D eigenvalue weighted by Crippen LogP contribution is 2.24. The number of rotatable bonds is 3. The fraction of sp³-hybridized carbons (Fsp3) is 0.0667. The van der Waals surface area contributed by atoms with Gasteiger partial charge in [-0.2, -0.15) is 0 Å². The molecule has 0 spiro atoms. The maximum atomic E-state index is 4.31. The van der Waals surface area contributed by atoms with Crippen LogP contribution in [-0.2, 0) is 6.54 Å². The Hall–Kier alpha value is -1.46. The second kappa shape index (κ2) is 5.89. The first-order valence-electron chi connectivity index (χ1n) is 6.11. The Kier molecular flexibility index (Phi) is 3.98. The van der Waals surface area contributed by atoms with Crippen LogP contribution in [-0.4, -0.2) is 9.97 Å². The number of nitrogens with zero attached hydrogens (tertiary/aromatic N) is 2. The molecule has 0 aliphatic heterocycles. The first-order chi connectivity index (χ1) is 9.72. The summed E-state index contributed by atoms with van der Waals surface area (Å²) in [6.07, 6.45) is 3.41. The zero-order chi connectivity index (χ0) is 13.9. The lowest BCUT2D eigenvalue weighted by atomic mass is 10.2. The minimum atomic E-state index is 0.762. The molecule has 3 rings (SSSR count). The van der Waals surface area contributed by atoms with Crippen molar-refractivity contribution in [2.45, 2.75) is 6.54 Å². The van der Waals surface area contributed by atoms with E-state index in [0.717, 1.165) is 32.2 Å². The zero-order valence-corrected chi connectivity index (χ0v) is 13.6. The molecule has 0 saturated heterocycles. The molecule has 3 nitrogen and oxygen atoms in total. The highest BCUT2D eigenvalue weighted by molar-refractivity contribution is 9.13. The van der Waals surface area contributed by atoms with E-state index in [1.807, 2.05) is 24.3 Å². The molecule has 0 fully saturated rings. The van der Waals surface area contributed by atoms with Crippen molar-refractivity contribution in [1.29, 1.82) is 0 Å². The predicted molar refractivity (Wildman–Crippen MR) is 88.7 cm³/mol. The van der Waals surface area contributed by atoms with E-state index in [2.05, 4.69) is 59.3 Å². The van der Waals surface area contributed by atoms with E-state index in [-0.39, 0.29) is 0 Å². The summed E-state index contributed by atoms with van der Waals surface area (Å²) in [5, 5.41) is 3.40. The van der Waals surface area contributed by atoms with Crippen LogP contribution in [0, 0.1) is 0 Å². The number of benzene rings is 2. The SMILES string of the molecule is Brc1ccc(CNc2ccc3nccnc3c2)cc1Br. The summed E-state index contributed by atoms with van der Waals surface area (Å²) in [5.41, 5.74) is 4.05. The van der Waals surface area contributed by atoms with E-state index in [0.29, 0.717) is 0 Å². The van der Waals surface area contributed by atoms with Gasteiger partial charge in [0.05, 0.1) is 11.0 Å². The molecule has 0 atom stereocenters. The van der Waals surface area contributed by atoms with E-state index >= 15 is 0 Å². The maximum Gasteiger partial charge on any atom is 0.0907 e. The molecule has 1 aromatic heterocycles. The first kappa shape index (κ1) is 13.5. The van der Waals surface area contributed by atoms with Crippen LogP contribution in [0.5, 0.6) is 0 Å². The topological polar surface area (TPSA) is 37.8 Å². The van der Waals surface area contributed by atoms with Crippen LogP contribution in [0.15, 0.2) is 57.7 Å². The number of aromatic nitrogens is 2. The summed E-state index contributed by atoms with van der Waals surface area (Å²) in [7, 11) is 0. The maximum absolute atomic E-state index is 4.31. The van der Waals surface area contributed by atoms with Gasteiger partial charge in [-0.25, -0.2) is 0 Å². The van der Waals surface area contributed by atoms with Crippen LogP contribution in [0.2, 0.25) is 0 Å². The molecule has 0 amide bonds. The van der Waals surface area contributed by atoms with Crippen molar-refractivity contribution in [2.24, 2.45) is 0 Å². The molecule has 3 aromatic rings. The number of nitrogens with one attached hydrogen (secondary N) is 1. The van der Waals surface area contributed by atoms with Crippen LogP contribution < -0.4 is 5.32 Å². The molecule has 0 aliphatic rings.